The van der Waals surface area contributed by atoms with Crippen molar-refractivity contribution < 1.29 is 89.4 Å². The van der Waals surface area contributed by atoms with Crippen molar-refractivity contribution in [2.24, 2.45) is 0 Å². The van der Waals surface area contributed by atoms with E-state index in [4.69, 9.17) is 28.4 Å². The molecule has 1 amide bonds. The summed E-state index contributed by atoms with van der Waals surface area (Å²) in [5, 5.41) is 121. The molecule has 3 saturated heterocycles. The minimum absolute atomic E-state index is 0.228. The van der Waals surface area contributed by atoms with Crippen molar-refractivity contribution in [2.75, 3.05) is 26.4 Å². The quantitative estimate of drug-likeness (QED) is 0.0199. The average Bonchev–Trinajstić information content (AvgIpc) is 0.886. The third-order valence-corrected chi connectivity index (χ3v) is 18.1. The van der Waals surface area contributed by atoms with Gasteiger partial charge in [0.05, 0.1) is 38.6 Å². The van der Waals surface area contributed by atoms with Crippen molar-refractivity contribution in [3.05, 3.63) is 48.6 Å². The summed E-state index contributed by atoms with van der Waals surface area (Å²) in [4.78, 5) is 13.4. The second-order valence-corrected chi connectivity index (χ2v) is 26.1. The molecule has 3 aliphatic heterocycles. The number of amides is 1. The SMILES string of the molecule is CCCCC/C=C\C/C=C\C/C=C\CCCCCCCCC(=O)NC(COC1OC(CO)C(OC2OC(CO)C(OC3OC(CO)C(O)C(O)C3O)C(O)C2O)C(O)C1O)C(O)/C=C/CCCCCCCCCCCCCCCCCCCCCCCCCCC. The number of aliphatic hydroxyl groups is 11. The van der Waals surface area contributed by atoms with Gasteiger partial charge in [-0.15, -0.1) is 0 Å². The van der Waals surface area contributed by atoms with Crippen LogP contribution in [0.15, 0.2) is 48.6 Å². The van der Waals surface area contributed by atoms with E-state index < -0.39 is 124 Å². The predicted octanol–water partition coefficient (Wildman–Crippen LogP) is 10.2. The molecule has 12 N–H and O–H groups in total. The van der Waals surface area contributed by atoms with Crippen LogP contribution < -0.4 is 5.32 Å². The third-order valence-electron chi connectivity index (χ3n) is 18.1. The summed E-state index contributed by atoms with van der Waals surface area (Å²) >= 11 is 0. The van der Waals surface area contributed by atoms with Crippen LogP contribution in [0.25, 0.3) is 0 Å². The zero-order chi connectivity index (χ0) is 66.1. The first-order valence-electron chi connectivity index (χ1n) is 36.4. The Balaban J connectivity index is 1.43. The standard InChI is InChI=1S/C72H131NO18/c1-3-5-7-9-11-13-15-17-19-21-23-24-25-26-27-28-29-30-32-33-35-37-39-41-43-45-47-49-56(77)55(73-60(78)50-48-46-44-42-40-38-36-34-31-22-20-18-16-14-12-10-8-6-4-2)54-86-70-66(84)63(81)68(58(52-75)88-70)91-72-67(85)64(82)69(59(53-76)89-72)90-71-65(83)62(80)61(79)57(51-74)87-71/h12,14,18,20,31,34,47,49,55-59,61-72,74-77,79-85H,3-11,13,15-17,19,21-30,32-33,35-46,48,50-54H2,1-2H3,(H,73,78)/b14-12-,20-18-,34-31-,49-47+. The minimum Gasteiger partial charge on any atom is -0.394 e. The van der Waals surface area contributed by atoms with Crippen LogP contribution in [0.1, 0.15) is 271 Å². The molecule has 0 aliphatic carbocycles. The third kappa shape index (κ3) is 35.5. The fourth-order valence-electron chi connectivity index (χ4n) is 12.2. The van der Waals surface area contributed by atoms with E-state index in [-0.39, 0.29) is 18.9 Å². The van der Waals surface area contributed by atoms with Crippen molar-refractivity contribution >= 4 is 5.91 Å². The van der Waals surface area contributed by atoms with Crippen molar-refractivity contribution in [2.45, 2.75) is 375 Å². The van der Waals surface area contributed by atoms with Gasteiger partial charge >= 0.3 is 0 Å². The lowest BCUT2D eigenvalue weighted by molar-refractivity contribution is -0.379. The van der Waals surface area contributed by atoms with Gasteiger partial charge in [-0.05, 0) is 57.8 Å². The van der Waals surface area contributed by atoms with E-state index in [1.807, 2.05) is 6.08 Å². The highest BCUT2D eigenvalue weighted by Gasteiger charge is 2.53. The van der Waals surface area contributed by atoms with E-state index in [0.29, 0.717) is 6.42 Å². The maximum Gasteiger partial charge on any atom is 0.220 e. The molecule has 0 aromatic carbocycles. The van der Waals surface area contributed by atoms with Crippen LogP contribution in [0.3, 0.4) is 0 Å². The highest BCUT2D eigenvalue weighted by atomic mass is 16.8. The van der Waals surface area contributed by atoms with Crippen LogP contribution in [-0.2, 0) is 33.2 Å². The molecule has 3 aliphatic rings. The predicted molar refractivity (Wildman–Crippen MR) is 356 cm³/mol. The number of ether oxygens (including phenoxy) is 6. The van der Waals surface area contributed by atoms with Gasteiger partial charge < -0.3 is 89.9 Å². The molecule has 0 spiro atoms. The van der Waals surface area contributed by atoms with Gasteiger partial charge in [-0.3, -0.25) is 4.79 Å². The molecule has 19 nitrogen and oxygen atoms in total. The first-order valence-corrected chi connectivity index (χ1v) is 36.4. The Kier molecular flexibility index (Phi) is 49.1. The summed E-state index contributed by atoms with van der Waals surface area (Å²) in [6.07, 6.45) is 38.0. The van der Waals surface area contributed by atoms with Gasteiger partial charge in [0.15, 0.2) is 18.9 Å². The normalized spacial score (nSPS) is 28.1. The van der Waals surface area contributed by atoms with Gasteiger partial charge in [-0.1, -0.05) is 255 Å². The Hall–Kier alpha value is -2.25. The van der Waals surface area contributed by atoms with Crippen LogP contribution >= 0.6 is 0 Å². The van der Waals surface area contributed by atoms with Crippen LogP contribution in [0.2, 0.25) is 0 Å². The van der Waals surface area contributed by atoms with E-state index in [0.717, 1.165) is 83.5 Å². The van der Waals surface area contributed by atoms with Crippen molar-refractivity contribution in [3.63, 3.8) is 0 Å². The molecule has 0 aromatic rings. The highest BCUT2D eigenvalue weighted by molar-refractivity contribution is 5.76. The second kappa shape index (κ2) is 53.8. The Morgan fingerprint density at radius 1 is 0.396 bits per heavy atom. The van der Waals surface area contributed by atoms with Gasteiger partial charge in [0.2, 0.25) is 5.91 Å². The van der Waals surface area contributed by atoms with Gasteiger partial charge in [0, 0.05) is 6.42 Å². The molecule has 0 aromatic heterocycles. The molecule has 91 heavy (non-hydrogen) atoms. The molecule has 3 rings (SSSR count). The fraction of sp³-hybridized carbons (Fsp3) is 0.875. The molecule has 19 heteroatoms. The summed E-state index contributed by atoms with van der Waals surface area (Å²) in [7, 11) is 0. The van der Waals surface area contributed by atoms with Gasteiger partial charge in [0.25, 0.3) is 0 Å². The average molecular weight is 1300 g/mol. The first-order chi connectivity index (χ1) is 44.3. The maximum atomic E-state index is 13.4. The van der Waals surface area contributed by atoms with E-state index in [9.17, 15) is 61.0 Å². The number of unbranched alkanes of at least 4 members (excludes halogenated alkanes) is 34. The lowest BCUT2D eigenvalue weighted by Crippen LogP contribution is -2.66. The Bertz CT molecular complexity index is 1840. The molecule has 0 saturated carbocycles. The second-order valence-electron chi connectivity index (χ2n) is 26.1. The number of nitrogens with one attached hydrogen (secondary N) is 1. The zero-order valence-corrected chi connectivity index (χ0v) is 56.3. The summed E-state index contributed by atoms with van der Waals surface area (Å²) < 4.78 is 34.4. The summed E-state index contributed by atoms with van der Waals surface area (Å²) in [5.74, 6) is -0.287. The van der Waals surface area contributed by atoms with Gasteiger partial charge in [-0.25, -0.2) is 0 Å². The van der Waals surface area contributed by atoms with Crippen LogP contribution in [0.4, 0.5) is 0 Å². The molecule has 3 heterocycles. The number of hydrogen-bond acceptors (Lipinski definition) is 18. The molecule has 17 atom stereocenters. The number of allylic oxidation sites excluding steroid dienone is 7. The Labute approximate surface area is 548 Å². The van der Waals surface area contributed by atoms with Crippen LogP contribution in [0.5, 0.6) is 0 Å². The van der Waals surface area contributed by atoms with E-state index >= 15 is 0 Å². The first kappa shape index (κ1) is 83.0. The van der Waals surface area contributed by atoms with Crippen molar-refractivity contribution in [3.8, 4) is 0 Å². The largest absolute Gasteiger partial charge is 0.394 e. The van der Waals surface area contributed by atoms with Gasteiger partial charge in [-0.2, -0.15) is 0 Å². The van der Waals surface area contributed by atoms with E-state index in [1.54, 1.807) is 6.08 Å². The maximum absolute atomic E-state index is 13.4. The highest BCUT2D eigenvalue weighted by Crippen LogP contribution is 2.33. The molecule has 0 bridgehead atoms. The molecule has 17 unspecified atom stereocenters. The number of hydrogen-bond donors (Lipinski definition) is 12. The van der Waals surface area contributed by atoms with E-state index in [2.05, 4.69) is 55.6 Å². The lowest BCUT2D eigenvalue weighted by Gasteiger charge is -2.48. The smallest absolute Gasteiger partial charge is 0.220 e. The lowest BCUT2D eigenvalue weighted by atomic mass is 9.96. The number of carbonyl (C=O) groups excluding carboxylic acids is 1. The Morgan fingerprint density at radius 2 is 0.725 bits per heavy atom. The monoisotopic (exact) mass is 1300 g/mol. The topological polar surface area (TPSA) is 307 Å². The van der Waals surface area contributed by atoms with Crippen LogP contribution in [-0.4, -0.2) is 193 Å². The number of aliphatic hydroxyl groups excluding tert-OH is 11. The van der Waals surface area contributed by atoms with Crippen LogP contribution in [0, 0.1) is 0 Å². The van der Waals surface area contributed by atoms with E-state index in [1.165, 1.54) is 161 Å². The molecule has 3 fully saturated rings. The summed E-state index contributed by atoms with van der Waals surface area (Å²) in [6, 6.07) is -0.983. The van der Waals surface area contributed by atoms with Crippen molar-refractivity contribution in [1.82, 2.24) is 5.32 Å². The zero-order valence-electron chi connectivity index (χ0n) is 56.3. The minimum atomic E-state index is -1.98. The number of rotatable bonds is 56. The summed E-state index contributed by atoms with van der Waals surface area (Å²) in [6.45, 7) is 1.72. The number of carbonyl (C=O) groups is 1. The molecular formula is C72H131NO18. The summed E-state index contributed by atoms with van der Waals surface area (Å²) in [5.41, 5.74) is 0. The Morgan fingerprint density at radius 3 is 1.15 bits per heavy atom. The van der Waals surface area contributed by atoms with Crippen molar-refractivity contribution in [1.29, 1.82) is 0 Å². The molecule has 0 radical (unpaired) electrons. The van der Waals surface area contributed by atoms with Gasteiger partial charge in [0.1, 0.15) is 73.2 Å². The molecular weight excluding hydrogens is 1170 g/mol. The molecule has 532 valence electrons. The fourth-order valence-corrected chi connectivity index (χ4v) is 12.2.